The Morgan fingerprint density at radius 1 is 1.53 bits per heavy atom. The largest absolute Gasteiger partial charge is 0.351 e. The molecule has 4 heteroatoms. The van der Waals surface area contributed by atoms with Crippen LogP contribution in [0.15, 0.2) is 12.3 Å². The summed E-state index contributed by atoms with van der Waals surface area (Å²) in [4.78, 5) is 6.29. The molecule has 1 heterocycles. The van der Waals surface area contributed by atoms with Crippen molar-refractivity contribution in [2.45, 2.75) is 38.6 Å². The standard InChI is InChI=1S/C13H18ClFN2/c1-9(2)8-17(11-3-4-11)13-12(15)10(7-14)5-6-16-13/h5-6,9,11H,3-4,7-8H2,1-2H3. The molecular formula is C13H18ClFN2. The molecule has 1 aromatic heterocycles. The molecule has 0 unspecified atom stereocenters. The summed E-state index contributed by atoms with van der Waals surface area (Å²) in [5, 5.41) is 0. The zero-order valence-corrected chi connectivity index (χ0v) is 11.0. The molecule has 0 bridgehead atoms. The van der Waals surface area contributed by atoms with Crippen molar-refractivity contribution < 1.29 is 4.39 Å². The van der Waals surface area contributed by atoms with E-state index in [4.69, 9.17) is 11.6 Å². The number of anilines is 1. The molecule has 1 aliphatic rings. The number of hydrogen-bond donors (Lipinski definition) is 0. The molecule has 0 aromatic carbocycles. The zero-order valence-electron chi connectivity index (χ0n) is 10.3. The molecule has 2 rings (SSSR count). The van der Waals surface area contributed by atoms with Crippen molar-refractivity contribution in [3.8, 4) is 0 Å². The van der Waals surface area contributed by atoms with E-state index in [9.17, 15) is 4.39 Å². The summed E-state index contributed by atoms with van der Waals surface area (Å²) in [5.41, 5.74) is 0.533. The minimum absolute atomic E-state index is 0.196. The Morgan fingerprint density at radius 3 is 2.76 bits per heavy atom. The average molecular weight is 257 g/mol. The molecule has 1 aliphatic carbocycles. The van der Waals surface area contributed by atoms with E-state index in [1.54, 1.807) is 12.3 Å². The van der Waals surface area contributed by atoms with Gasteiger partial charge in [0.25, 0.3) is 0 Å². The lowest BCUT2D eigenvalue weighted by Gasteiger charge is -2.26. The Labute approximate surface area is 107 Å². The third-order valence-corrected chi connectivity index (χ3v) is 3.20. The Morgan fingerprint density at radius 2 is 2.24 bits per heavy atom. The van der Waals surface area contributed by atoms with E-state index in [0.717, 1.165) is 19.4 Å². The van der Waals surface area contributed by atoms with E-state index in [2.05, 4.69) is 23.7 Å². The monoisotopic (exact) mass is 256 g/mol. The SMILES string of the molecule is CC(C)CN(c1nccc(CCl)c1F)C1CC1. The first-order chi connectivity index (χ1) is 8.13. The van der Waals surface area contributed by atoms with E-state index in [1.165, 1.54) is 0 Å². The summed E-state index contributed by atoms with van der Waals surface area (Å²) < 4.78 is 14.2. The van der Waals surface area contributed by atoms with Crippen molar-refractivity contribution in [3.63, 3.8) is 0 Å². The van der Waals surface area contributed by atoms with Crippen molar-refractivity contribution in [3.05, 3.63) is 23.6 Å². The van der Waals surface area contributed by atoms with Gasteiger partial charge in [0.05, 0.1) is 5.88 Å². The van der Waals surface area contributed by atoms with Gasteiger partial charge in [-0.3, -0.25) is 0 Å². The number of nitrogens with zero attached hydrogens (tertiary/aromatic N) is 2. The van der Waals surface area contributed by atoms with Crippen LogP contribution >= 0.6 is 11.6 Å². The van der Waals surface area contributed by atoms with Gasteiger partial charge in [0.2, 0.25) is 0 Å². The van der Waals surface area contributed by atoms with Crippen LogP contribution in [0.25, 0.3) is 0 Å². The van der Waals surface area contributed by atoms with Gasteiger partial charge in [-0.2, -0.15) is 0 Å². The van der Waals surface area contributed by atoms with Crippen LogP contribution in [0, 0.1) is 11.7 Å². The van der Waals surface area contributed by atoms with Crippen LogP contribution < -0.4 is 4.90 Å². The third kappa shape index (κ3) is 2.89. The lowest BCUT2D eigenvalue weighted by Crippen LogP contribution is -2.31. The number of aromatic nitrogens is 1. The number of hydrogen-bond acceptors (Lipinski definition) is 2. The van der Waals surface area contributed by atoms with Crippen LogP contribution in [0.5, 0.6) is 0 Å². The van der Waals surface area contributed by atoms with Gasteiger partial charge < -0.3 is 4.90 Å². The van der Waals surface area contributed by atoms with Crippen molar-refractivity contribution in [1.29, 1.82) is 0 Å². The molecule has 0 radical (unpaired) electrons. The molecule has 0 spiro atoms. The van der Waals surface area contributed by atoms with Gasteiger partial charge >= 0.3 is 0 Å². The number of halogens is 2. The molecule has 0 atom stereocenters. The van der Waals surface area contributed by atoms with Crippen molar-refractivity contribution in [2.24, 2.45) is 5.92 Å². The average Bonchev–Trinajstić information content (AvgIpc) is 3.10. The summed E-state index contributed by atoms with van der Waals surface area (Å²) in [5.74, 6) is 0.910. The topological polar surface area (TPSA) is 16.1 Å². The molecule has 2 nitrogen and oxygen atoms in total. The van der Waals surface area contributed by atoms with Crippen LogP contribution in [-0.2, 0) is 5.88 Å². The first kappa shape index (κ1) is 12.6. The summed E-state index contributed by atoms with van der Waals surface area (Å²) in [6, 6.07) is 2.11. The molecule has 1 saturated carbocycles. The highest BCUT2D eigenvalue weighted by Gasteiger charge is 2.32. The van der Waals surface area contributed by atoms with Crippen LogP contribution in [-0.4, -0.2) is 17.6 Å². The van der Waals surface area contributed by atoms with Gasteiger partial charge in [-0.1, -0.05) is 13.8 Å². The van der Waals surface area contributed by atoms with Crippen LogP contribution in [0.4, 0.5) is 10.2 Å². The normalized spacial score (nSPS) is 15.4. The van der Waals surface area contributed by atoms with E-state index >= 15 is 0 Å². The zero-order chi connectivity index (χ0) is 12.4. The first-order valence-electron chi connectivity index (χ1n) is 6.09. The lowest BCUT2D eigenvalue weighted by molar-refractivity contribution is 0.565. The Balaban J connectivity index is 2.28. The molecule has 0 aliphatic heterocycles. The highest BCUT2D eigenvalue weighted by molar-refractivity contribution is 6.17. The van der Waals surface area contributed by atoms with Gasteiger partial charge in [0.15, 0.2) is 11.6 Å². The quantitative estimate of drug-likeness (QED) is 0.749. The third-order valence-electron chi connectivity index (χ3n) is 2.92. The fourth-order valence-electron chi connectivity index (χ4n) is 1.96. The fraction of sp³-hybridized carbons (Fsp3) is 0.615. The highest BCUT2D eigenvalue weighted by atomic mass is 35.5. The Kier molecular flexibility index (Phi) is 3.87. The number of rotatable bonds is 5. The van der Waals surface area contributed by atoms with Gasteiger partial charge in [-0.05, 0) is 24.8 Å². The van der Waals surface area contributed by atoms with Crippen LogP contribution in [0.2, 0.25) is 0 Å². The fourth-order valence-corrected chi connectivity index (χ4v) is 2.17. The highest BCUT2D eigenvalue weighted by Crippen LogP contribution is 2.33. The van der Waals surface area contributed by atoms with Crippen LogP contribution in [0.1, 0.15) is 32.3 Å². The maximum atomic E-state index is 14.2. The van der Waals surface area contributed by atoms with E-state index in [-0.39, 0.29) is 11.7 Å². The first-order valence-corrected chi connectivity index (χ1v) is 6.63. The van der Waals surface area contributed by atoms with Gasteiger partial charge in [-0.15, -0.1) is 11.6 Å². The molecule has 0 amide bonds. The Bertz CT molecular complexity index is 391. The van der Waals surface area contributed by atoms with Crippen LogP contribution in [0.3, 0.4) is 0 Å². The second-order valence-electron chi connectivity index (χ2n) is 5.02. The molecule has 0 N–H and O–H groups in total. The molecule has 94 valence electrons. The van der Waals surface area contributed by atoms with Crippen molar-refractivity contribution in [1.82, 2.24) is 4.98 Å². The number of pyridine rings is 1. The second kappa shape index (κ2) is 5.21. The number of alkyl halides is 1. The molecule has 1 fully saturated rings. The van der Waals surface area contributed by atoms with Gasteiger partial charge in [0.1, 0.15) is 0 Å². The maximum absolute atomic E-state index is 14.2. The predicted molar refractivity (Wildman–Crippen MR) is 69.0 cm³/mol. The van der Waals surface area contributed by atoms with E-state index < -0.39 is 0 Å². The molecular weight excluding hydrogens is 239 g/mol. The van der Waals surface area contributed by atoms with Crippen molar-refractivity contribution in [2.75, 3.05) is 11.4 Å². The van der Waals surface area contributed by atoms with Gasteiger partial charge in [-0.25, -0.2) is 9.37 Å². The Hall–Kier alpha value is -0.830. The molecule has 0 saturated heterocycles. The summed E-state index contributed by atoms with van der Waals surface area (Å²) in [7, 11) is 0. The van der Waals surface area contributed by atoms with E-state index in [1.807, 2.05) is 0 Å². The smallest absolute Gasteiger partial charge is 0.170 e. The van der Waals surface area contributed by atoms with E-state index in [0.29, 0.717) is 23.3 Å². The van der Waals surface area contributed by atoms with Gasteiger partial charge in [0, 0.05) is 24.3 Å². The van der Waals surface area contributed by atoms with Crippen molar-refractivity contribution >= 4 is 17.4 Å². The molecule has 17 heavy (non-hydrogen) atoms. The summed E-state index contributed by atoms with van der Waals surface area (Å²) in [6.45, 7) is 5.12. The minimum Gasteiger partial charge on any atom is -0.351 e. The summed E-state index contributed by atoms with van der Waals surface area (Å²) >= 11 is 5.72. The predicted octanol–water partition coefficient (Wildman–Crippen LogP) is 3.58. The molecule has 1 aromatic rings. The summed E-state index contributed by atoms with van der Waals surface area (Å²) in [6.07, 6.45) is 3.92. The lowest BCUT2D eigenvalue weighted by atomic mass is 10.2. The minimum atomic E-state index is -0.255. The second-order valence-corrected chi connectivity index (χ2v) is 5.29. The maximum Gasteiger partial charge on any atom is 0.170 e.